The predicted molar refractivity (Wildman–Crippen MR) is 84.0 cm³/mol. The molecule has 0 heterocycles. The first-order valence-electron chi connectivity index (χ1n) is 6.88. The lowest BCUT2D eigenvalue weighted by Gasteiger charge is -2.15. The van der Waals surface area contributed by atoms with Gasteiger partial charge in [-0.1, -0.05) is 26.8 Å². The van der Waals surface area contributed by atoms with Crippen molar-refractivity contribution in [2.75, 3.05) is 20.8 Å². The van der Waals surface area contributed by atoms with Gasteiger partial charge in [0.25, 0.3) is 0 Å². The van der Waals surface area contributed by atoms with Crippen molar-refractivity contribution in [3.63, 3.8) is 0 Å². The van der Waals surface area contributed by atoms with E-state index in [1.807, 2.05) is 0 Å². The Morgan fingerprint density at radius 2 is 1.73 bits per heavy atom. The summed E-state index contributed by atoms with van der Waals surface area (Å²) < 4.78 is 15.2. The fourth-order valence-corrected chi connectivity index (χ4v) is 1.52. The summed E-state index contributed by atoms with van der Waals surface area (Å²) in [5.41, 5.74) is 0.240. The molecule has 0 aromatic heterocycles. The smallest absolute Gasteiger partial charge is 0.331 e. The SMILES string of the molecule is COc1ccc(/C=C/C(=O)OCC(=O)C(C)(C)C)cc1OC. The summed E-state index contributed by atoms with van der Waals surface area (Å²) in [6.45, 7) is 5.12. The van der Waals surface area contributed by atoms with E-state index in [9.17, 15) is 9.59 Å². The van der Waals surface area contributed by atoms with Crippen molar-refractivity contribution in [1.82, 2.24) is 0 Å². The first-order chi connectivity index (χ1) is 10.3. The molecular weight excluding hydrogens is 284 g/mol. The van der Waals surface area contributed by atoms with Gasteiger partial charge in [0.1, 0.15) is 0 Å². The highest BCUT2D eigenvalue weighted by Gasteiger charge is 2.21. The Balaban J connectivity index is 2.65. The molecule has 1 rings (SSSR count). The van der Waals surface area contributed by atoms with E-state index in [1.54, 1.807) is 52.2 Å². The van der Waals surface area contributed by atoms with Crippen LogP contribution in [0.1, 0.15) is 26.3 Å². The maximum absolute atomic E-state index is 11.7. The number of Topliss-reactive ketones (excluding diaryl/α,β-unsaturated/α-hetero) is 1. The van der Waals surface area contributed by atoms with E-state index < -0.39 is 11.4 Å². The van der Waals surface area contributed by atoms with Crippen molar-refractivity contribution in [3.05, 3.63) is 29.8 Å². The highest BCUT2D eigenvalue weighted by molar-refractivity contribution is 5.91. The van der Waals surface area contributed by atoms with Crippen molar-refractivity contribution < 1.29 is 23.8 Å². The molecule has 0 N–H and O–H groups in total. The standard InChI is InChI=1S/C17H22O5/c1-17(2,3)15(18)11-22-16(19)9-7-12-6-8-13(20-4)14(10-12)21-5/h6-10H,11H2,1-5H3/b9-7+. The molecule has 0 fully saturated rings. The molecule has 0 saturated carbocycles. The van der Waals surface area contributed by atoms with E-state index >= 15 is 0 Å². The summed E-state index contributed by atoms with van der Waals surface area (Å²) in [4.78, 5) is 23.3. The molecule has 0 saturated heterocycles. The summed E-state index contributed by atoms with van der Waals surface area (Å²) in [7, 11) is 3.09. The Labute approximate surface area is 130 Å². The van der Waals surface area contributed by atoms with E-state index in [1.165, 1.54) is 13.2 Å². The van der Waals surface area contributed by atoms with Crippen LogP contribution < -0.4 is 9.47 Å². The third-order valence-corrected chi connectivity index (χ3v) is 3.00. The number of rotatable bonds is 6. The maximum atomic E-state index is 11.7. The number of carbonyl (C=O) groups excluding carboxylic acids is 2. The van der Waals surface area contributed by atoms with Crippen molar-refractivity contribution in [1.29, 1.82) is 0 Å². The van der Waals surface area contributed by atoms with Gasteiger partial charge in [0, 0.05) is 11.5 Å². The summed E-state index contributed by atoms with van der Waals surface area (Å²) >= 11 is 0. The van der Waals surface area contributed by atoms with Gasteiger partial charge in [-0.25, -0.2) is 4.79 Å². The second-order valence-corrected chi connectivity index (χ2v) is 5.73. The zero-order valence-electron chi connectivity index (χ0n) is 13.6. The van der Waals surface area contributed by atoms with Gasteiger partial charge in [0.05, 0.1) is 14.2 Å². The molecule has 120 valence electrons. The highest BCUT2D eigenvalue weighted by Crippen LogP contribution is 2.27. The Bertz CT molecular complexity index is 567. The lowest BCUT2D eigenvalue weighted by molar-refractivity contribution is -0.145. The lowest BCUT2D eigenvalue weighted by atomic mass is 9.91. The van der Waals surface area contributed by atoms with Crippen LogP contribution in [0.25, 0.3) is 6.08 Å². The summed E-state index contributed by atoms with van der Waals surface area (Å²) in [6, 6.07) is 5.27. The average molecular weight is 306 g/mol. The van der Waals surface area contributed by atoms with Crippen LogP contribution in [0.3, 0.4) is 0 Å². The van der Waals surface area contributed by atoms with Gasteiger partial charge in [-0.05, 0) is 23.8 Å². The number of methoxy groups -OCH3 is 2. The van der Waals surface area contributed by atoms with E-state index in [0.717, 1.165) is 5.56 Å². The average Bonchev–Trinajstić information content (AvgIpc) is 2.49. The Morgan fingerprint density at radius 3 is 2.27 bits per heavy atom. The van der Waals surface area contributed by atoms with Crippen LogP contribution in [0.5, 0.6) is 11.5 Å². The van der Waals surface area contributed by atoms with Gasteiger partial charge in [0.15, 0.2) is 23.9 Å². The van der Waals surface area contributed by atoms with Gasteiger partial charge in [0.2, 0.25) is 0 Å². The van der Waals surface area contributed by atoms with E-state index in [0.29, 0.717) is 11.5 Å². The maximum Gasteiger partial charge on any atom is 0.331 e. The molecule has 1 aromatic rings. The topological polar surface area (TPSA) is 61.8 Å². The van der Waals surface area contributed by atoms with Crippen LogP contribution in [0.15, 0.2) is 24.3 Å². The summed E-state index contributed by atoms with van der Waals surface area (Å²) in [5, 5.41) is 0. The summed E-state index contributed by atoms with van der Waals surface area (Å²) in [5.74, 6) is 0.492. The van der Waals surface area contributed by atoms with Gasteiger partial charge in [-0.2, -0.15) is 0 Å². The molecule has 0 unspecified atom stereocenters. The molecule has 0 spiro atoms. The van der Waals surface area contributed by atoms with Gasteiger partial charge < -0.3 is 14.2 Å². The first-order valence-corrected chi connectivity index (χ1v) is 6.88. The molecule has 22 heavy (non-hydrogen) atoms. The van der Waals surface area contributed by atoms with Gasteiger partial charge in [-0.15, -0.1) is 0 Å². The van der Waals surface area contributed by atoms with Crippen LogP contribution in [-0.2, 0) is 14.3 Å². The number of carbonyl (C=O) groups is 2. The third-order valence-electron chi connectivity index (χ3n) is 3.00. The van der Waals surface area contributed by atoms with Gasteiger partial charge >= 0.3 is 5.97 Å². The van der Waals surface area contributed by atoms with Crippen molar-refractivity contribution in [2.45, 2.75) is 20.8 Å². The lowest BCUT2D eigenvalue weighted by Crippen LogP contribution is -2.25. The van der Waals surface area contributed by atoms with E-state index in [4.69, 9.17) is 14.2 Å². The minimum absolute atomic E-state index is 0.125. The Hall–Kier alpha value is -2.30. The van der Waals surface area contributed by atoms with Crippen LogP contribution in [-0.4, -0.2) is 32.6 Å². The van der Waals surface area contributed by atoms with E-state index in [2.05, 4.69) is 0 Å². The number of hydrogen-bond acceptors (Lipinski definition) is 5. The number of hydrogen-bond donors (Lipinski definition) is 0. The highest BCUT2D eigenvalue weighted by atomic mass is 16.5. The largest absolute Gasteiger partial charge is 0.493 e. The molecule has 5 nitrogen and oxygen atoms in total. The molecule has 0 radical (unpaired) electrons. The van der Waals surface area contributed by atoms with E-state index in [-0.39, 0.29) is 12.4 Å². The molecule has 0 aliphatic rings. The van der Waals surface area contributed by atoms with Crippen molar-refractivity contribution in [3.8, 4) is 11.5 Å². The van der Waals surface area contributed by atoms with Crippen LogP contribution >= 0.6 is 0 Å². The molecule has 0 amide bonds. The molecule has 5 heteroatoms. The predicted octanol–water partition coefficient (Wildman–Crippen LogP) is 2.88. The summed E-state index contributed by atoms with van der Waals surface area (Å²) in [6.07, 6.45) is 2.86. The number of esters is 1. The fourth-order valence-electron chi connectivity index (χ4n) is 1.52. The van der Waals surface area contributed by atoms with Crippen LogP contribution in [0.2, 0.25) is 0 Å². The quantitative estimate of drug-likeness (QED) is 0.597. The molecule has 0 bridgehead atoms. The molecule has 1 aromatic carbocycles. The molecular formula is C17H22O5. The first kappa shape index (κ1) is 17.8. The zero-order valence-corrected chi connectivity index (χ0v) is 13.6. The normalized spacial score (nSPS) is 11.3. The molecule has 0 aliphatic heterocycles. The fraction of sp³-hybridized carbons (Fsp3) is 0.412. The van der Waals surface area contributed by atoms with Crippen molar-refractivity contribution in [2.24, 2.45) is 5.41 Å². The second kappa shape index (κ2) is 7.64. The molecule has 0 atom stereocenters. The number of benzene rings is 1. The zero-order chi connectivity index (χ0) is 16.8. The number of ketones is 1. The Morgan fingerprint density at radius 1 is 1.09 bits per heavy atom. The third kappa shape index (κ3) is 5.24. The van der Waals surface area contributed by atoms with Crippen molar-refractivity contribution >= 4 is 17.8 Å². The second-order valence-electron chi connectivity index (χ2n) is 5.73. The van der Waals surface area contributed by atoms with Gasteiger partial charge in [-0.3, -0.25) is 4.79 Å². The molecule has 0 aliphatic carbocycles. The Kier molecular flexibility index (Phi) is 6.16. The number of ether oxygens (including phenoxy) is 3. The van der Waals surface area contributed by atoms with Crippen LogP contribution in [0, 0.1) is 5.41 Å². The monoisotopic (exact) mass is 306 g/mol. The minimum Gasteiger partial charge on any atom is -0.493 e. The van der Waals surface area contributed by atoms with Crippen LogP contribution in [0.4, 0.5) is 0 Å². The minimum atomic E-state index is -0.563.